The molecule has 4 nitrogen and oxygen atoms in total. The molecule has 20 heavy (non-hydrogen) atoms. The van der Waals surface area contributed by atoms with Gasteiger partial charge in [0.25, 0.3) is 0 Å². The molecule has 1 aromatic rings. The van der Waals surface area contributed by atoms with Gasteiger partial charge < -0.3 is 15.5 Å². The fraction of sp³-hybridized carbons (Fsp3) is 0.562. The first-order valence-corrected chi connectivity index (χ1v) is 7.25. The van der Waals surface area contributed by atoms with E-state index in [1.807, 2.05) is 44.1 Å². The number of amides is 1. The van der Waals surface area contributed by atoms with E-state index >= 15 is 0 Å². The van der Waals surface area contributed by atoms with Gasteiger partial charge in [0.1, 0.15) is 0 Å². The van der Waals surface area contributed by atoms with E-state index < -0.39 is 0 Å². The third-order valence-corrected chi connectivity index (χ3v) is 3.35. The lowest BCUT2D eigenvalue weighted by molar-refractivity contribution is -0.132. The molecule has 2 N–H and O–H groups in total. The Balaban J connectivity index is 2.66. The van der Waals surface area contributed by atoms with Gasteiger partial charge in [-0.25, -0.2) is 0 Å². The fourth-order valence-electron chi connectivity index (χ4n) is 1.91. The van der Waals surface area contributed by atoms with E-state index in [4.69, 9.17) is 5.73 Å². The first-order chi connectivity index (χ1) is 9.52. The molecule has 112 valence electrons. The number of nitrogens with zero attached hydrogens (tertiary/aromatic N) is 2. The molecular weight excluding hydrogens is 250 g/mol. The van der Waals surface area contributed by atoms with Gasteiger partial charge in [0, 0.05) is 32.1 Å². The molecule has 0 bridgehead atoms. The summed E-state index contributed by atoms with van der Waals surface area (Å²) in [4.78, 5) is 16.4. The van der Waals surface area contributed by atoms with Gasteiger partial charge in [-0.05, 0) is 26.1 Å². The average molecular weight is 277 g/mol. The summed E-state index contributed by atoms with van der Waals surface area (Å²) in [6, 6.07) is 10.1. The Kier molecular flexibility index (Phi) is 7.26. The predicted molar refractivity (Wildman–Crippen MR) is 83.3 cm³/mol. The monoisotopic (exact) mass is 277 g/mol. The number of benzene rings is 1. The largest absolute Gasteiger partial charge is 0.337 e. The number of carbonyl (C=O) groups excluding carboxylic acids is 1. The minimum atomic E-state index is -0.0415. The zero-order chi connectivity index (χ0) is 15.0. The van der Waals surface area contributed by atoms with E-state index in [-0.39, 0.29) is 11.9 Å². The van der Waals surface area contributed by atoms with Gasteiger partial charge in [-0.2, -0.15) is 0 Å². The molecule has 0 aliphatic carbocycles. The van der Waals surface area contributed by atoms with E-state index in [2.05, 4.69) is 17.0 Å². The third-order valence-electron chi connectivity index (χ3n) is 3.35. The lowest BCUT2D eigenvalue weighted by atomic mass is 10.1. The van der Waals surface area contributed by atoms with Crippen molar-refractivity contribution in [1.82, 2.24) is 9.80 Å². The van der Waals surface area contributed by atoms with Gasteiger partial charge in [0.2, 0.25) is 5.91 Å². The Morgan fingerprint density at radius 1 is 1.20 bits per heavy atom. The van der Waals surface area contributed by atoms with Gasteiger partial charge in [-0.3, -0.25) is 4.79 Å². The summed E-state index contributed by atoms with van der Waals surface area (Å²) in [6.45, 7) is 4.26. The van der Waals surface area contributed by atoms with Crippen LogP contribution in [0.2, 0.25) is 0 Å². The highest BCUT2D eigenvalue weighted by Gasteiger charge is 2.16. The van der Waals surface area contributed by atoms with Crippen LogP contribution in [-0.2, 0) is 11.3 Å². The van der Waals surface area contributed by atoms with E-state index in [1.165, 1.54) is 0 Å². The van der Waals surface area contributed by atoms with Crippen molar-refractivity contribution in [3.8, 4) is 0 Å². The lowest BCUT2D eigenvalue weighted by Gasteiger charge is -2.25. The summed E-state index contributed by atoms with van der Waals surface area (Å²) in [7, 11) is 4.03. The van der Waals surface area contributed by atoms with Crippen LogP contribution in [0.5, 0.6) is 0 Å². The van der Waals surface area contributed by atoms with Gasteiger partial charge >= 0.3 is 0 Å². The van der Waals surface area contributed by atoms with E-state index in [0.29, 0.717) is 13.0 Å². The predicted octanol–water partition coefficient (Wildman–Crippen LogP) is 1.70. The summed E-state index contributed by atoms with van der Waals surface area (Å²) >= 11 is 0. The Morgan fingerprint density at radius 3 is 2.40 bits per heavy atom. The molecule has 1 rings (SSSR count). The van der Waals surface area contributed by atoms with Crippen molar-refractivity contribution in [2.24, 2.45) is 5.73 Å². The Labute approximate surface area is 122 Å². The maximum absolute atomic E-state index is 12.4. The summed E-state index contributed by atoms with van der Waals surface area (Å²) in [5, 5.41) is 0. The molecule has 0 aliphatic rings. The van der Waals surface area contributed by atoms with Crippen LogP contribution in [0.25, 0.3) is 0 Å². The maximum Gasteiger partial charge on any atom is 0.224 e. The SMILES string of the molecule is CCC(N)CC(=O)N(CCN(C)C)Cc1ccccc1. The summed E-state index contributed by atoms with van der Waals surface area (Å²) < 4.78 is 0. The molecule has 0 radical (unpaired) electrons. The molecule has 4 heteroatoms. The van der Waals surface area contributed by atoms with Crippen LogP contribution in [0.4, 0.5) is 0 Å². The first-order valence-electron chi connectivity index (χ1n) is 7.25. The van der Waals surface area contributed by atoms with E-state index in [1.54, 1.807) is 0 Å². The van der Waals surface area contributed by atoms with Gasteiger partial charge in [-0.1, -0.05) is 37.3 Å². The lowest BCUT2D eigenvalue weighted by Crippen LogP contribution is -2.39. The smallest absolute Gasteiger partial charge is 0.224 e. The average Bonchev–Trinajstić information content (AvgIpc) is 2.44. The molecule has 0 saturated heterocycles. The van der Waals surface area contributed by atoms with Crippen molar-refractivity contribution in [2.45, 2.75) is 32.4 Å². The second kappa shape index (κ2) is 8.72. The van der Waals surface area contributed by atoms with Crippen molar-refractivity contribution >= 4 is 5.91 Å². The molecule has 1 aromatic carbocycles. The number of hydrogen-bond acceptors (Lipinski definition) is 3. The molecule has 1 atom stereocenters. The molecule has 0 aliphatic heterocycles. The van der Waals surface area contributed by atoms with Crippen LogP contribution >= 0.6 is 0 Å². The molecule has 1 unspecified atom stereocenters. The van der Waals surface area contributed by atoms with Crippen molar-refractivity contribution in [3.63, 3.8) is 0 Å². The van der Waals surface area contributed by atoms with Gasteiger partial charge in [0.05, 0.1) is 0 Å². The Hall–Kier alpha value is -1.39. The maximum atomic E-state index is 12.4. The van der Waals surface area contributed by atoms with Crippen molar-refractivity contribution < 1.29 is 4.79 Å². The fourth-order valence-corrected chi connectivity index (χ4v) is 1.91. The first kappa shape index (κ1) is 16.7. The van der Waals surface area contributed by atoms with E-state index in [0.717, 1.165) is 25.1 Å². The van der Waals surface area contributed by atoms with Crippen LogP contribution in [0, 0.1) is 0 Å². The highest BCUT2D eigenvalue weighted by atomic mass is 16.2. The van der Waals surface area contributed by atoms with Crippen LogP contribution in [0.3, 0.4) is 0 Å². The zero-order valence-corrected chi connectivity index (χ0v) is 12.9. The summed E-state index contributed by atoms with van der Waals surface area (Å²) in [5.74, 6) is 0.144. The highest BCUT2D eigenvalue weighted by Crippen LogP contribution is 2.08. The second-order valence-electron chi connectivity index (χ2n) is 5.48. The number of carbonyl (C=O) groups is 1. The number of nitrogens with two attached hydrogens (primary N) is 1. The van der Waals surface area contributed by atoms with Crippen LogP contribution in [0.15, 0.2) is 30.3 Å². The Morgan fingerprint density at radius 2 is 1.85 bits per heavy atom. The van der Waals surface area contributed by atoms with Crippen molar-refractivity contribution in [1.29, 1.82) is 0 Å². The number of rotatable bonds is 8. The quantitative estimate of drug-likeness (QED) is 0.787. The van der Waals surface area contributed by atoms with Crippen LogP contribution < -0.4 is 5.73 Å². The second-order valence-corrected chi connectivity index (χ2v) is 5.48. The van der Waals surface area contributed by atoms with Crippen molar-refractivity contribution in [2.75, 3.05) is 27.2 Å². The molecule has 0 fully saturated rings. The van der Waals surface area contributed by atoms with Crippen molar-refractivity contribution in [3.05, 3.63) is 35.9 Å². The number of likely N-dealkylation sites (N-methyl/N-ethyl adjacent to an activating group) is 1. The molecule has 1 amide bonds. The minimum absolute atomic E-state index is 0.0415. The molecule has 0 heterocycles. The Bertz CT molecular complexity index is 392. The topological polar surface area (TPSA) is 49.6 Å². The minimum Gasteiger partial charge on any atom is -0.337 e. The molecule has 0 aromatic heterocycles. The third kappa shape index (κ3) is 6.17. The normalized spacial score (nSPS) is 12.4. The standard InChI is InChI=1S/C16H27N3O/c1-4-15(17)12-16(20)19(11-10-18(2)3)13-14-8-6-5-7-9-14/h5-9,15H,4,10-13,17H2,1-3H3. The molecular formula is C16H27N3O. The van der Waals surface area contributed by atoms with E-state index in [9.17, 15) is 4.79 Å². The zero-order valence-electron chi connectivity index (χ0n) is 12.9. The number of hydrogen-bond donors (Lipinski definition) is 1. The van der Waals surface area contributed by atoms with Gasteiger partial charge in [0.15, 0.2) is 0 Å². The van der Waals surface area contributed by atoms with Crippen LogP contribution in [0.1, 0.15) is 25.3 Å². The summed E-state index contributed by atoms with van der Waals surface area (Å²) in [5.41, 5.74) is 7.06. The molecule has 0 spiro atoms. The highest BCUT2D eigenvalue weighted by molar-refractivity contribution is 5.76. The van der Waals surface area contributed by atoms with Crippen LogP contribution in [-0.4, -0.2) is 48.9 Å². The van der Waals surface area contributed by atoms with Gasteiger partial charge in [-0.15, -0.1) is 0 Å². The molecule has 0 saturated carbocycles. The summed E-state index contributed by atoms with van der Waals surface area (Å²) in [6.07, 6.45) is 1.26.